The van der Waals surface area contributed by atoms with Crippen molar-refractivity contribution in [1.29, 1.82) is 0 Å². The van der Waals surface area contributed by atoms with E-state index in [0.717, 1.165) is 29.1 Å². The lowest BCUT2D eigenvalue weighted by molar-refractivity contribution is 0.504. The fraction of sp³-hybridized carbons (Fsp3) is 0.524. The van der Waals surface area contributed by atoms with Gasteiger partial charge in [-0.3, -0.25) is 9.67 Å². The molecule has 0 aliphatic heterocycles. The number of halogens is 1. The van der Waals surface area contributed by atoms with Gasteiger partial charge in [0.1, 0.15) is 0 Å². The molecular formula is C21H32BrN5. The molecule has 1 aromatic heterocycles. The lowest BCUT2D eigenvalue weighted by Crippen LogP contribution is -2.47. The molecule has 0 aliphatic carbocycles. The second-order valence-corrected chi connectivity index (χ2v) is 8.76. The summed E-state index contributed by atoms with van der Waals surface area (Å²) in [5.41, 5.74) is 4.90. The lowest BCUT2D eigenvalue weighted by atomic mass is 9.85. The van der Waals surface area contributed by atoms with E-state index in [9.17, 15) is 0 Å². The van der Waals surface area contributed by atoms with Gasteiger partial charge in [0.05, 0.1) is 5.69 Å². The zero-order chi connectivity index (χ0) is 20.2. The number of nitrogens with one attached hydrogen (secondary N) is 2. The van der Waals surface area contributed by atoms with Gasteiger partial charge >= 0.3 is 0 Å². The number of aryl methyl sites for hydroxylation is 2. The van der Waals surface area contributed by atoms with E-state index in [2.05, 4.69) is 95.5 Å². The molecule has 0 bridgehead atoms. The maximum absolute atomic E-state index is 4.51. The van der Waals surface area contributed by atoms with Gasteiger partial charge in [-0.05, 0) is 50.5 Å². The molecule has 0 spiro atoms. The quantitative estimate of drug-likeness (QED) is 0.536. The Morgan fingerprint density at radius 1 is 1.33 bits per heavy atom. The van der Waals surface area contributed by atoms with Crippen LogP contribution < -0.4 is 10.6 Å². The van der Waals surface area contributed by atoms with Crippen molar-refractivity contribution in [2.75, 3.05) is 13.6 Å². The molecule has 0 aliphatic rings. The Hall–Kier alpha value is -1.82. The van der Waals surface area contributed by atoms with Gasteiger partial charge in [-0.2, -0.15) is 5.10 Å². The summed E-state index contributed by atoms with van der Waals surface area (Å²) >= 11 is 3.56. The molecule has 0 amide bonds. The first-order valence-corrected chi connectivity index (χ1v) is 10.2. The molecule has 6 heteroatoms. The third-order valence-electron chi connectivity index (χ3n) is 5.08. The molecule has 2 rings (SSSR count). The number of nitrogens with zero attached hydrogens (tertiary/aromatic N) is 3. The molecule has 148 valence electrons. The number of guanidine groups is 1. The third kappa shape index (κ3) is 5.58. The van der Waals surface area contributed by atoms with Gasteiger partial charge in [-0.1, -0.05) is 41.9 Å². The predicted molar refractivity (Wildman–Crippen MR) is 118 cm³/mol. The molecular weight excluding hydrogens is 402 g/mol. The summed E-state index contributed by atoms with van der Waals surface area (Å²) in [6.07, 6.45) is 0.918. The fourth-order valence-electron chi connectivity index (χ4n) is 3.21. The van der Waals surface area contributed by atoms with Crippen LogP contribution in [0.1, 0.15) is 43.3 Å². The van der Waals surface area contributed by atoms with Crippen LogP contribution >= 0.6 is 15.9 Å². The maximum Gasteiger partial charge on any atom is 0.191 e. The Balaban J connectivity index is 1.97. The van der Waals surface area contributed by atoms with Crippen molar-refractivity contribution in [1.82, 2.24) is 20.4 Å². The second-order valence-electron chi connectivity index (χ2n) is 7.84. The van der Waals surface area contributed by atoms with E-state index in [1.54, 1.807) is 0 Å². The molecule has 27 heavy (non-hydrogen) atoms. The summed E-state index contributed by atoms with van der Waals surface area (Å²) in [5, 5.41) is 11.5. The van der Waals surface area contributed by atoms with Crippen LogP contribution in [0.5, 0.6) is 0 Å². The number of aliphatic imine (C=N–C) groups is 1. The molecule has 2 aromatic rings. The van der Waals surface area contributed by atoms with Gasteiger partial charge in [-0.25, -0.2) is 0 Å². The molecule has 2 N–H and O–H groups in total. The second kappa shape index (κ2) is 8.91. The predicted octanol–water partition coefficient (Wildman–Crippen LogP) is 3.87. The summed E-state index contributed by atoms with van der Waals surface area (Å²) in [7, 11) is 3.81. The van der Waals surface area contributed by atoms with Crippen molar-refractivity contribution < 1.29 is 0 Å². The molecule has 5 nitrogen and oxygen atoms in total. The SMILES string of the molecule is CN=C(NCC(C)(C)c1cccc(Br)c1)NC(C)Cc1c(C)nn(C)c1C. The Morgan fingerprint density at radius 2 is 2.04 bits per heavy atom. The lowest BCUT2D eigenvalue weighted by Gasteiger charge is -2.28. The van der Waals surface area contributed by atoms with Crippen LogP contribution in [-0.4, -0.2) is 35.4 Å². The minimum Gasteiger partial charge on any atom is -0.356 e. The monoisotopic (exact) mass is 433 g/mol. The first-order valence-electron chi connectivity index (χ1n) is 9.36. The van der Waals surface area contributed by atoms with Crippen molar-refractivity contribution in [2.45, 2.75) is 52.5 Å². The van der Waals surface area contributed by atoms with Gasteiger partial charge in [0.15, 0.2) is 5.96 Å². The summed E-state index contributed by atoms with van der Waals surface area (Å²) in [6.45, 7) is 11.6. The largest absolute Gasteiger partial charge is 0.356 e. The van der Waals surface area contributed by atoms with Crippen molar-refractivity contribution in [3.05, 3.63) is 51.3 Å². The van der Waals surface area contributed by atoms with Crippen LogP contribution in [-0.2, 0) is 18.9 Å². The normalized spacial score (nSPS) is 13.6. The summed E-state index contributed by atoms with van der Waals surface area (Å²) < 4.78 is 3.05. The highest BCUT2D eigenvalue weighted by Crippen LogP contribution is 2.25. The van der Waals surface area contributed by atoms with Gasteiger partial charge in [0.25, 0.3) is 0 Å². The van der Waals surface area contributed by atoms with E-state index < -0.39 is 0 Å². The van der Waals surface area contributed by atoms with E-state index in [1.165, 1.54) is 16.8 Å². The first-order chi connectivity index (χ1) is 12.6. The third-order valence-corrected chi connectivity index (χ3v) is 5.57. The van der Waals surface area contributed by atoms with Crippen LogP contribution in [0.3, 0.4) is 0 Å². The number of hydrogen-bond acceptors (Lipinski definition) is 2. The van der Waals surface area contributed by atoms with Crippen LogP contribution in [0.4, 0.5) is 0 Å². The maximum atomic E-state index is 4.51. The number of hydrogen-bond donors (Lipinski definition) is 2. The van der Waals surface area contributed by atoms with E-state index in [4.69, 9.17) is 0 Å². The Bertz CT molecular complexity index is 807. The highest BCUT2D eigenvalue weighted by atomic mass is 79.9. The highest BCUT2D eigenvalue weighted by molar-refractivity contribution is 9.10. The summed E-state index contributed by atoms with van der Waals surface area (Å²) in [4.78, 5) is 4.40. The van der Waals surface area contributed by atoms with Crippen LogP contribution in [0.25, 0.3) is 0 Å². The topological polar surface area (TPSA) is 54.2 Å². The standard InChI is InChI=1S/C21H32BrN5/c1-14(11-19-15(2)26-27(7)16(19)3)25-20(23-6)24-13-21(4,5)17-9-8-10-18(22)12-17/h8-10,12,14H,11,13H2,1-7H3,(H2,23,24,25). The van der Waals surface area contributed by atoms with E-state index >= 15 is 0 Å². The van der Waals surface area contributed by atoms with Gasteiger partial charge in [0, 0.05) is 42.3 Å². The van der Waals surface area contributed by atoms with Crippen molar-refractivity contribution >= 4 is 21.9 Å². The van der Waals surface area contributed by atoms with Crippen molar-refractivity contribution in [3.8, 4) is 0 Å². The van der Waals surface area contributed by atoms with Gasteiger partial charge in [-0.15, -0.1) is 0 Å². The molecule has 1 atom stereocenters. The van der Waals surface area contributed by atoms with Crippen LogP contribution in [0, 0.1) is 13.8 Å². The highest BCUT2D eigenvalue weighted by Gasteiger charge is 2.22. The van der Waals surface area contributed by atoms with E-state index in [-0.39, 0.29) is 11.5 Å². The van der Waals surface area contributed by atoms with Gasteiger partial charge in [0.2, 0.25) is 0 Å². The van der Waals surface area contributed by atoms with E-state index in [1.807, 2.05) is 18.8 Å². The zero-order valence-electron chi connectivity index (χ0n) is 17.5. The Labute approximate surface area is 171 Å². The first kappa shape index (κ1) is 21.5. The smallest absolute Gasteiger partial charge is 0.191 e. The molecule has 1 heterocycles. The van der Waals surface area contributed by atoms with Crippen molar-refractivity contribution in [3.63, 3.8) is 0 Å². The molecule has 0 saturated carbocycles. The zero-order valence-corrected chi connectivity index (χ0v) is 19.1. The van der Waals surface area contributed by atoms with E-state index in [0.29, 0.717) is 0 Å². The number of aromatic nitrogens is 2. The van der Waals surface area contributed by atoms with Crippen molar-refractivity contribution in [2.24, 2.45) is 12.0 Å². The summed E-state index contributed by atoms with van der Waals surface area (Å²) in [5.74, 6) is 0.824. The van der Waals surface area contributed by atoms with Crippen LogP contribution in [0.2, 0.25) is 0 Å². The fourth-order valence-corrected chi connectivity index (χ4v) is 3.61. The summed E-state index contributed by atoms with van der Waals surface area (Å²) in [6, 6.07) is 8.73. The number of benzene rings is 1. The van der Waals surface area contributed by atoms with Crippen LogP contribution in [0.15, 0.2) is 33.7 Å². The average molecular weight is 434 g/mol. The molecule has 0 saturated heterocycles. The molecule has 0 radical (unpaired) electrons. The average Bonchev–Trinajstić information content (AvgIpc) is 2.84. The minimum absolute atomic E-state index is 0.0127. The molecule has 1 aromatic carbocycles. The Kier molecular flexibility index (Phi) is 7.09. The minimum atomic E-state index is -0.0127. The Morgan fingerprint density at radius 3 is 2.59 bits per heavy atom. The molecule has 0 fully saturated rings. The number of rotatable bonds is 6. The van der Waals surface area contributed by atoms with Gasteiger partial charge < -0.3 is 10.6 Å². The molecule has 1 unspecified atom stereocenters.